The number of aliphatic hydroxyl groups is 1. The van der Waals surface area contributed by atoms with Crippen LogP contribution in [0.2, 0.25) is 0 Å². The molecular weight excluding hydrogens is 176 g/mol. The quantitative estimate of drug-likeness (QED) is 0.735. The summed E-state index contributed by atoms with van der Waals surface area (Å²) < 4.78 is 5.37. The van der Waals surface area contributed by atoms with Crippen LogP contribution in [-0.4, -0.2) is 24.4 Å². The molecule has 76 valence electrons. The first kappa shape index (κ1) is 9.69. The zero-order valence-corrected chi connectivity index (χ0v) is 8.39. The van der Waals surface area contributed by atoms with Crippen LogP contribution in [0.25, 0.3) is 0 Å². The maximum Gasteiger partial charge on any atom is 0.0805 e. The van der Waals surface area contributed by atoms with Crippen molar-refractivity contribution >= 4 is 0 Å². The molecule has 1 aromatic rings. The number of benzene rings is 1. The van der Waals surface area contributed by atoms with Crippen molar-refractivity contribution in [1.82, 2.24) is 0 Å². The van der Waals surface area contributed by atoms with E-state index in [0.29, 0.717) is 12.5 Å². The Morgan fingerprint density at radius 1 is 1.21 bits per heavy atom. The molecule has 0 radical (unpaired) electrons. The molecule has 1 heterocycles. The first-order valence-corrected chi connectivity index (χ1v) is 5.10. The lowest BCUT2D eigenvalue weighted by atomic mass is 9.83. The van der Waals surface area contributed by atoms with Crippen molar-refractivity contribution in [2.24, 2.45) is 5.92 Å². The van der Waals surface area contributed by atoms with Crippen molar-refractivity contribution in [3.63, 3.8) is 0 Å². The summed E-state index contributed by atoms with van der Waals surface area (Å²) in [7, 11) is 0. The van der Waals surface area contributed by atoms with Crippen molar-refractivity contribution in [3.05, 3.63) is 35.9 Å². The topological polar surface area (TPSA) is 29.5 Å². The van der Waals surface area contributed by atoms with Gasteiger partial charge in [0.25, 0.3) is 0 Å². The smallest absolute Gasteiger partial charge is 0.0805 e. The Kier molecular flexibility index (Phi) is 2.85. The molecule has 0 aromatic heterocycles. The highest BCUT2D eigenvalue weighted by Gasteiger charge is 2.29. The predicted molar refractivity (Wildman–Crippen MR) is 55.2 cm³/mol. The van der Waals surface area contributed by atoms with Crippen molar-refractivity contribution in [2.45, 2.75) is 18.9 Å². The zero-order valence-electron chi connectivity index (χ0n) is 8.39. The first-order valence-electron chi connectivity index (χ1n) is 5.10. The van der Waals surface area contributed by atoms with Crippen LogP contribution in [0.1, 0.15) is 18.4 Å². The second-order valence-electron chi connectivity index (χ2n) is 3.98. The van der Waals surface area contributed by atoms with Gasteiger partial charge in [-0.25, -0.2) is 0 Å². The molecule has 1 fully saturated rings. The molecule has 2 nitrogen and oxygen atoms in total. The number of ether oxygens (including phenoxy) is 1. The van der Waals surface area contributed by atoms with E-state index >= 15 is 0 Å². The molecule has 0 spiro atoms. The Bertz CT molecular complexity index is 284. The third kappa shape index (κ3) is 1.81. The summed E-state index contributed by atoms with van der Waals surface area (Å²) in [5.74, 6) is 0.617. The van der Waals surface area contributed by atoms with Crippen molar-refractivity contribution in [2.75, 3.05) is 13.2 Å². The number of hydrogen-bond acceptors (Lipinski definition) is 2. The molecule has 1 aromatic carbocycles. The monoisotopic (exact) mass is 192 g/mol. The summed E-state index contributed by atoms with van der Waals surface area (Å²) in [6, 6.07) is 10.3. The Balaban J connectivity index is 2.17. The van der Waals surface area contributed by atoms with Crippen LogP contribution in [0, 0.1) is 5.92 Å². The molecule has 0 saturated carbocycles. The molecule has 1 aliphatic rings. The van der Waals surface area contributed by atoms with E-state index < -0.39 is 0 Å². The van der Waals surface area contributed by atoms with E-state index in [1.807, 2.05) is 18.2 Å². The fraction of sp³-hybridized carbons (Fsp3) is 0.500. The van der Waals surface area contributed by atoms with Crippen molar-refractivity contribution in [1.29, 1.82) is 0 Å². The minimum atomic E-state index is -0.325. The molecule has 2 rings (SSSR count). The van der Waals surface area contributed by atoms with E-state index in [9.17, 15) is 5.11 Å². The maximum atomic E-state index is 9.68. The van der Waals surface area contributed by atoms with Gasteiger partial charge < -0.3 is 9.84 Å². The van der Waals surface area contributed by atoms with E-state index in [1.165, 1.54) is 5.56 Å². The molecule has 0 amide bonds. The summed E-state index contributed by atoms with van der Waals surface area (Å²) in [5, 5.41) is 9.68. The Morgan fingerprint density at radius 3 is 2.64 bits per heavy atom. The van der Waals surface area contributed by atoms with Crippen LogP contribution >= 0.6 is 0 Å². The van der Waals surface area contributed by atoms with E-state index in [4.69, 9.17) is 4.74 Å². The summed E-state index contributed by atoms with van der Waals surface area (Å²) >= 11 is 0. The van der Waals surface area contributed by atoms with Gasteiger partial charge in [0.2, 0.25) is 0 Å². The van der Waals surface area contributed by atoms with Gasteiger partial charge in [-0.1, -0.05) is 37.3 Å². The summed E-state index contributed by atoms with van der Waals surface area (Å²) in [6.45, 7) is 3.29. The lowest BCUT2D eigenvalue weighted by Crippen LogP contribution is -2.36. The largest absolute Gasteiger partial charge is 0.390 e. The molecule has 3 atom stereocenters. The van der Waals surface area contributed by atoms with Gasteiger partial charge in [-0.2, -0.15) is 0 Å². The lowest BCUT2D eigenvalue weighted by molar-refractivity contribution is -0.0517. The van der Waals surface area contributed by atoms with E-state index in [2.05, 4.69) is 19.1 Å². The number of aliphatic hydroxyl groups excluding tert-OH is 1. The molecule has 2 heteroatoms. The van der Waals surface area contributed by atoms with Gasteiger partial charge >= 0.3 is 0 Å². The van der Waals surface area contributed by atoms with E-state index in [0.717, 1.165) is 6.61 Å². The van der Waals surface area contributed by atoms with Crippen molar-refractivity contribution in [3.8, 4) is 0 Å². The molecule has 1 N–H and O–H groups in total. The third-order valence-electron chi connectivity index (χ3n) is 3.06. The van der Waals surface area contributed by atoms with Crippen LogP contribution in [0.5, 0.6) is 0 Å². The zero-order chi connectivity index (χ0) is 9.97. The normalized spacial score (nSPS) is 32.9. The van der Waals surface area contributed by atoms with Crippen LogP contribution < -0.4 is 0 Å². The Morgan fingerprint density at radius 2 is 1.93 bits per heavy atom. The standard InChI is InChI=1S/C12H16O2/c1-9-11(7-14-8-12(9)13)10-5-3-2-4-6-10/h2-6,9,11-13H,7-8H2,1H3. The molecule has 0 aliphatic carbocycles. The molecule has 1 saturated heterocycles. The van der Waals surface area contributed by atoms with Gasteiger partial charge in [0.1, 0.15) is 0 Å². The summed E-state index contributed by atoms with van der Waals surface area (Å²) in [5.41, 5.74) is 1.26. The molecule has 1 aliphatic heterocycles. The maximum absolute atomic E-state index is 9.68. The highest BCUT2D eigenvalue weighted by atomic mass is 16.5. The van der Waals surface area contributed by atoms with Gasteiger partial charge in [0.15, 0.2) is 0 Å². The average Bonchev–Trinajstić information content (AvgIpc) is 2.23. The van der Waals surface area contributed by atoms with Crippen LogP contribution in [-0.2, 0) is 4.74 Å². The Labute approximate surface area is 84.5 Å². The van der Waals surface area contributed by atoms with Gasteiger partial charge in [-0.15, -0.1) is 0 Å². The minimum absolute atomic E-state index is 0.283. The van der Waals surface area contributed by atoms with E-state index in [-0.39, 0.29) is 12.0 Å². The summed E-state index contributed by atoms with van der Waals surface area (Å²) in [6.07, 6.45) is -0.325. The van der Waals surface area contributed by atoms with Gasteiger partial charge in [0, 0.05) is 5.92 Å². The van der Waals surface area contributed by atoms with Gasteiger partial charge in [0.05, 0.1) is 19.3 Å². The van der Waals surface area contributed by atoms with Crippen LogP contribution in [0.15, 0.2) is 30.3 Å². The van der Waals surface area contributed by atoms with E-state index in [1.54, 1.807) is 0 Å². The van der Waals surface area contributed by atoms with Crippen LogP contribution in [0.3, 0.4) is 0 Å². The number of rotatable bonds is 1. The molecule has 0 bridgehead atoms. The van der Waals surface area contributed by atoms with Crippen molar-refractivity contribution < 1.29 is 9.84 Å². The fourth-order valence-electron chi connectivity index (χ4n) is 1.99. The second-order valence-corrected chi connectivity index (χ2v) is 3.98. The minimum Gasteiger partial charge on any atom is -0.390 e. The molecule has 14 heavy (non-hydrogen) atoms. The SMILES string of the molecule is CC1C(O)COCC1c1ccccc1. The Hall–Kier alpha value is -0.860. The van der Waals surface area contributed by atoms with Crippen LogP contribution in [0.4, 0.5) is 0 Å². The molecular formula is C12H16O2. The number of hydrogen-bond donors (Lipinski definition) is 1. The highest BCUT2D eigenvalue weighted by molar-refractivity contribution is 5.21. The van der Waals surface area contributed by atoms with Gasteiger partial charge in [-0.3, -0.25) is 0 Å². The lowest BCUT2D eigenvalue weighted by Gasteiger charge is -2.33. The highest BCUT2D eigenvalue weighted by Crippen LogP contribution is 2.30. The molecule has 3 unspecified atom stereocenters. The summed E-state index contributed by atoms with van der Waals surface area (Å²) in [4.78, 5) is 0. The average molecular weight is 192 g/mol. The third-order valence-corrected chi connectivity index (χ3v) is 3.06. The van der Waals surface area contributed by atoms with Gasteiger partial charge in [-0.05, 0) is 11.5 Å². The second kappa shape index (κ2) is 4.11. The predicted octanol–water partition coefficient (Wildman–Crippen LogP) is 1.80. The fourth-order valence-corrected chi connectivity index (χ4v) is 1.99. The first-order chi connectivity index (χ1) is 6.79.